The van der Waals surface area contributed by atoms with Gasteiger partial charge in [-0.3, -0.25) is 28.7 Å². The van der Waals surface area contributed by atoms with E-state index in [0.29, 0.717) is 21.3 Å². The molecule has 0 atom stereocenters. The van der Waals surface area contributed by atoms with Crippen molar-refractivity contribution in [2.75, 3.05) is 18.9 Å². The van der Waals surface area contributed by atoms with Gasteiger partial charge in [0, 0.05) is 11.3 Å². The van der Waals surface area contributed by atoms with Crippen molar-refractivity contribution in [3.05, 3.63) is 131 Å². The Morgan fingerprint density at radius 1 is 0.735 bits per heavy atom. The van der Waals surface area contributed by atoms with Crippen molar-refractivity contribution in [2.24, 2.45) is 9.98 Å². The van der Waals surface area contributed by atoms with Crippen molar-refractivity contribution in [3.8, 4) is 16.9 Å². The molecule has 8 rings (SSSR count). The third-order valence-corrected chi connectivity index (χ3v) is 9.82. The van der Waals surface area contributed by atoms with Gasteiger partial charge in [-0.1, -0.05) is 102 Å². The number of rotatable bonds is 8. The molecule has 2 aromatic heterocycles. The number of para-hydroxylation sites is 2. The van der Waals surface area contributed by atoms with Gasteiger partial charge >= 0.3 is 0 Å². The molecule has 6 aromatic rings. The predicted octanol–water partition coefficient (Wildman–Crippen LogP) is 6.17. The molecule has 0 bridgehead atoms. The maximum atomic E-state index is 13.0. The Bertz CT molecular complexity index is 2310. The summed E-state index contributed by atoms with van der Waals surface area (Å²) in [6.07, 6.45) is 0. The van der Waals surface area contributed by atoms with E-state index in [1.165, 1.54) is 28.0 Å². The highest BCUT2D eigenvalue weighted by atomic mass is 32.2. The molecule has 11 nitrogen and oxygen atoms in total. The van der Waals surface area contributed by atoms with Gasteiger partial charge in [-0.05, 0) is 36.4 Å². The number of benzene rings is 4. The van der Waals surface area contributed by atoms with Gasteiger partial charge in [0.05, 0.1) is 41.4 Å². The van der Waals surface area contributed by atoms with Gasteiger partial charge in [0.2, 0.25) is 5.91 Å². The molecule has 3 amide bonds. The monoisotopic (exact) mass is 683 g/mol. The van der Waals surface area contributed by atoms with Crippen LogP contribution in [0.4, 0.5) is 11.6 Å². The number of thioether (sulfide) groups is 1. The Kier molecular flexibility index (Phi) is 8.13. The van der Waals surface area contributed by atoms with Gasteiger partial charge in [0.15, 0.2) is 15.6 Å². The van der Waals surface area contributed by atoms with Crippen LogP contribution in [0, 0.1) is 0 Å². The first kappa shape index (κ1) is 30.6. The van der Waals surface area contributed by atoms with Crippen LogP contribution in [0.2, 0.25) is 0 Å². The zero-order valence-corrected chi connectivity index (χ0v) is 27.3. The molecule has 4 aromatic carbocycles. The number of carbonyl (C=O) groups is 3. The van der Waals surface area contributed by atoms with Gasteiger partial charge in [-0.25, -0.2) is 9.98 Å². The van der Waals surface area contributed by atoms with Crippen LogP contribution < -0.4 is 4.80 Å². The molecular weight excluding hydrogens is 659 g/mol. The SMILES string of the molecule is O=C1c2ccccc2C(=O)N1OCCN1C(=O)CS/C1=N\c1nc(-c2ccccc2)c2sc(=Nc3ccccc3)n(-c3ccccc3)c2n1. The number of imide groups is 1. The van der Waals surface area contributed by atoms with Gasteiger partial charge < -0.3 is 0 Å². The Morgan fingerprint density at radius 2 is 1.37 bits per heavy atom. The molecule has 2 aliphatic heterocycles. The summed E-state index contributed by atoms with van der Waals surface area (Å²) in [7, 11) is 0. The molecule has 4 heterocycles. The van der Waals surface area contributed by atoms with Crippen molar-refractivity contribution in [1.82, 2.24) is 24.5 Å². The van der Waals surface area contributed by atoms with Crippen LogP contribution >= 0.6 is 23.1 Å². The number of hydrogen-bond donors (Lipinski definition) is 0. The molecule has 49 heavy (non-hydrogen) atoms. The maximum Gasteiger partial charge on any atom is 0.285 e. The van der Waals surface area contributed by atoms with Crippen LogP contribution in [-0.4, -0.2) is 66.3 Å². The average Bonchev–Trinajstić information content (AvgIpc) is 3.76. The van der Waals surface area contributed by atoms with E-state index in [4.69, 9.17) is 24.8 Å². The minimum Gasteiger partial charge on any atom is -0.288 e. The summed E-state index contributed by atoms with van der Waals surface area (Å²) in [5.41, 5.74) is 4.42. The predicted molar refractivity (Wildman–Crippen MR) is 188 cm³/mol. The lowest BCUT2D eigenvalue weighted by Gasteiger charge is -2.18. The van der Waals surface area contributed by atoms with E-state index < -0.39 is 11.8 Å². The Labute approximate surface area is 287 Å². The molecule has 13 heteroatoms. The van der Waals surface area contributed by atoms with Crippen LogP contribution in [0.3, 0.4) is 0 Å². The van der Waals surface area contributed by atoms with Crippen molar-refractivity contribution < 1.29 is 19.2 Å². The third-order valence-electron chi connectivity index (χ3n) is 7.82. The second kappa shape index (κ2) is 13.0. The topological polar surface area (TPSA) is 122 Å². The average molecular weight is 684 g/mol. The molecule has 0 aliphatic carbocycles. The molecule has 2 aliphatic rings. The van der Waals surface area contributed by atoms with Gasteiger partial charge in [-0.2, -0.15) is 9.98 Å². The molecule has 240 valence electrons. The lowest BCUT2D eigenvalue weighted by molar-refractivity contribution is -0.127. The minimum atomic E-state index is -0.535. The van der Waals surface area contributed by atoms with E-state index in [9.17, 15) is 14.4 Å². The van der Waals surface area contributed by atoms with E-state index in [0.717, 1.165) is 26.7 Å². The highest BCUT2D eigenvalue weighted by molar-refractivity contribution is 8.15. The fraction of sp³-hybridized carbons (Fsp3) is 0.0833. The van der Waals surface area contributed by atoms with E-state index in [1.54, 1.807) is 24.3 Å². The summed E-state index contributed by atoms with van der Waals surface area (Å²) in [6, 6.07) is 35.9. The molecule has 0 saturated carbocycles. The summed E-state index contributed by atoms with van der Waals surface area (Å²) in [4.78, 5) is 65.9. The molecule has 0 radical (unpaired) electrons. The largest absolute Gasteiger partial charge is 0.288 e. The zero-order chi connectivity index (χ0) is 33.3. The summed E-state index contributed by atoms with van der Waals surface area (Å²) in [6.45, 7) is -0.0384. The van der Waals surface area contributed by atoms with Crippen LogP contribution in [0.15, 0.2) is 125 Å². The Balaban J connectivity index is 1.18. The molecule has 0 spiro atoms. The van der Waals surface area contributed by atoms with Crippen molar-refractivity contribution in [1.29, 1.82) is 0 Å². The van der Waals surface area contributed by atoms with E-state index >= 15 is 0 Å². The molecule has 0 unspecified atom stereocenters. The normalized spacial score (nSPS) is 15.6. The number of amidine groups is 1. The highest BCUT2D eigenvalue weighted by Crippen LogP contribution is 2.33. The van der Waals surface area contributed by atoms with Gasteiger partial charge in [-0.15, -0.1) is 5.06 Å². The van der Waals surface area contributed by atoms with Gasteiger partial charge in [0.1, 0.15) is 4.70 Å². The number of aromatic nitrogens is 3. The van der Waals surface area contributed by atoms with E-state index in [1.807, 2.05) is 95.6 Å². The highest BCUT2D eigenvalue weighted by Gasteiger charge is 2.37. The van der Waals surface area contributed by atoms with Crippen LogP contribution in [-0.2, 0) is 9.63 Å². The molecule has 1 saturated heterocycles. The van der Waals surface area contributed by atoms with Crippen molar-refractivity contribution in [2.45, 2.75) is 0 Å². The first-order chi connectivity index (χ1) is 24.0. The number of amides is 3. The maximum absolute atomic E-state index is 13.0. The summed E-state index contributed by atoms with van der Waals surface area (Å²) in [5.74, 6) is -0.913. The lowest BCUT2D eigenvalue weighted by Crippen LogP contribution is -2.37. The van der Waals surface area contributed by atoms with Crippen molar-refractivity contribution in [3.63, 3.8) is 0 Å². The first-order valence-corrected chi connectivity index (χ1v) is 17.1. The zero-order valence-electron chi connectivity index (χ0n) is 25.7. The number of carbonyl (C=O) groups excluding carboxylic acids is 3. The standard InChI is InChI=1S/C36H25N7O4S2/c44-28-22-48-35(41(28)20-21-47-43-32(45)26-18-10-11-19-27(26)33(43)46)40-34-38-29(23-12-4-1-5-13-23)30-31(39-34)42(25-16-8-3-9-17-25)36(49-30)37-24-14-6-2-7-15-24/h1-19H,20-22H2/b37-36?,40-35-. The summed E-state index contributed by atoms with van der Waals surface area (Å²) < 4.78 is 2.82. The smallest absolute Gasteiger partial charge is 0.285 e. The molecule has 1 fully saturated rings. The van der Waals surface area contributed by atoms with Crippen LogP contribution in [0.25, 0.3) is 27.3 Å². The fourth-order valence-corrected chi connectivity index (χ4v) is 7.54. The molecule has 0 N–H and O–H groups in total. The fourth-order valence-electron chi connectivity index (χ4n) is 5.53. The first-order valence-electron chi connectivity index (χ1n) is 15.3. The van der Waals surface area contributed by atoms with Crippen LogP contribution in [0.1, 0.15) is 20.7 Å². The number of aliphatic imine (C=N–C) groups is 1. The third kappa shape index (κ3) is 5.84. The Morgan fingerprint density at radius 3 is 2.06 bits per heavy atom. The molecular formula is C36H25N7O4S2. The van der Waals surface area contributed by atoms with E-state index in [2.05, 4.69) is 0 Å². The quantitative estimate of drug-likeness (QED) is 0.176. The Hall–Kier alpha value is -5.76. The minimum absolute atomic E-state index is 0.0639. The number of nitrogens with zero attached hydrogens (tertiary/aromatic N) is 7. The number of hydroxylamine groups is 2. The van der Waals surface area contributed by atoms with E-state index in [-0.39, 0.29) is 41.9 Å². The second-order valence-corrected chi connectivity index (χ2v) is 12.8. The lowest BCUT2D eigenvalue weighted by atomic mass is 10.1. The second-order valence-electron chi connectivity index (χ2n) is 10.9. The number of thiazole rings is 1. The number of fused-ring (bicyclic) bond motifs is 2. The van der Waals surface area contributed by atoms with Gasteiger partial charge in [0.25, 0.3) is 17.8 Å². The number of hydrogen-bond acceptors (Lipinski definition) is 10. The van der Waals surface area contributed by atoms with Crippen LogP contribution in [0.5, 0.6) is 0 Å². The summed E-state index contributed by atoms with van der Waals surface area (Å²) >= 11 is 2.75. The summed E-state index contributed by atoms with van der Waals surface area (Å²) in [5, 5.41) is 1.14. The van der Waals surface area contributed by atoms with Crippen molar-refractivity contribution >= 4 is 68.0 Å².